The van der Waals surface area contributed by atoms with Crippen LogP contribution in [-0.2, 0) is 4.79 Å². The topological polar surface area (TPSA) is 37.3 Å². The molecule has 30 heavy (non-hydrogen) atoms. The molecule has 4 atom stereocenters. The van der Waals surface area contributed by atoms with Crippen molar-refractivity contribution in [3.05, 3.63) is 76.6 Å². The molecule has 2 aliphatic rings. The van der Waals surface area contributed by atoms with Crippen LogP contribution in [0.25, 0.3) is 6.08 Å². The van der Waals surface area contributed by atoms with E-state index >= 15 is 0 Å². The molecule has 0 heterocycles. The number of aliphatic hydroxyl groups excluding tert-OH is 1. The monoisotopic (exact) mass is 402 g/mol. The number of Topliss-reactive ketones (excluding diaryl/α,β-unsaturated/α-hetero) is 1. The summed E-state index contributed by atoms with van der Waals surface area (Å²) < 4.78 is 13.3. The average Bonchev–Trinajstić information content (AvgIpc) is 2.72. The van der Waals surface area contributed by atoms with Crippen LogP contribution in [0.3, 0.4) is 0 Å². The third kappa shape index (κ3) is 3.98. The number of allylic oxidation sites excluding steroid dienone is 1. The Morgan fingerprint density at radius 2 is 1.80 bits per heavy atom. The van der Waals surface area contributed by atoms with Gasteiger partial charge < -0.3 is 5.11 Å². The van der Waals surface area contributed by atoms with Gasteiger partial charge in [-0.2, -0.15) is 0 Å². The predicted octanol–water partition coefficient (Wildman–Crippen LogP) is 5.39. The first-order valence-corrected chi connectivity index (χ1v) is 10.7. The molecule has 0 amide bonds. The van der Waals surface area contributed by atoms with Gasteiger partial charge in [0.1, 0.15) is 5.82 Å². The Balaban J connectivity index is 1.62. The summed E-state index contributed by atoms with van der Waals surface area (Å²) in [5.74, 6) is 6.13. The van der Waals surface area contributed by atoms with Crippen molar-refractivity contribution in [2.24, 2.45) is 17.3 Å². The molecule has 2 aromatic carbocycles. The number of aliphatic hydroxyl groups is 1. The molecule has 2 saturated carbocycles. The largest absolute Gasteiger partial charge is 0.393 e. The SMILES string of the molecule is CC1C(=O)/C(=C/c2cccc(C#Cc3cccc(F)c3)c2)C[C@@]2(C)C1CCC[C@@H]2O. The fraction of sp³-hybridized carbons (Fsp3) is 0.370. The van der Waals surface area contributed by atoms with Crippen LogP contribution in [0.5, 0.6) is 0 Å². The maximum absolute atomic E-state index is 13.3. The van der Waals surface area contributed by atoms with E-state index in [-0.39, 0.29) is 35.0 Å². The highest BCUT2D eigenvalue weighted by molar-refractivity contribution is 6.02. The van der Waals surface area contributed by atoms with E-state index in [4.69, 9.17) is 0 Å². The van der Waals surface area contributed by atoms with Gasteiger partial charge in [-0.05, 0) is 72.7 Å². The Bertz CT molecular complexity index is 1060. The zero-order valence-corrected chi connectivity index (χ0v) is 17.5. The normalized spacial score (nSPS) is 29.8. The van der Waals surface area contributed by atoms with E-state index in [1.54, 1.807) is 12.1 Å². The number of benzene rings is 2. The zero-order valence-electron chi connectivity index (χ0n) is 17.5. The first-order chi connectivity index (χ1) is 14.4. The lowest BCUT2D eigenvalue weighted by atomic mass is 9.54. The van der Waals surface area contributed by atoms with E-state index < -0.39 is 0 Å². The highest BCUT2D eigenvalue weighted by Gasteiger charge is 2.51. The third-order valence-electron chi connectivity index (χ3n) is 6.91. The van der Waals surface area contributed by atoms with Crippen LogP contribution in [0.4, 0.5) is 4.39 Å². The highest BCUT2D eigenvalue weighted by Crippen LogP contribution is 2.53. The van der Waals surface area contributed by atoms with Crippen molar-refractivity contribution in [2.75, 3.05) is 0 Å². The molecule has 0 radical (unpaired) electrons. The molecule has 0 spiro atoms. The van der Waals surface area contributed by atoms with Gasteiger partial charge in [-0.1, -0.05) is 50.3 Å². The first kappa shape index (κ1) is 20.6. The maximum atomic E-state index is 13.3. The van der Waals surface area contributed by atoms with E-state index in [1.165, 1.54) is 12.1 Å². The lowest BCUT2D eigenvalue weighted by Gasteiger charge is -2.51. The molecule has 0 saturated heterocycles. The second-order valence-corrected chi connectivity index (χ2v) is 8.94. The molecule has 0 aliphatic heterocycles. The van der Waals surface area contributed by atoms with E-state index in [0.29, 0.717) is 12.0 Å². The fourth-order valence-electron chi connectivity index (χ4n) is 5.22. The van der Waals surface area contributed by atoms with Crippen LogP contribution in [0.15, 0.2) is 54.1 Å². The molecule has 154 valence electrons. The Morgan fingerprint density at radius 3 is 2.53 bits per heavy atom. The van der Waals surface area contributed by atoms with E-state index in [1.807, 2.05) is 37.3 Å². The van der Waals surface area contributed by atoms with Gasteiger partial charge >= 0.3 is 0 Å². The quantitative estimate of drug-likeness (QED) is 0.513. The van der Waals surface area contributed by atoms with Crippen LogP contribution >= 0.6 is 0 Å². The minimum atomic E-state index is -0.362. The molecule has 3 heteroatoms. The third-order valence-corrected chi connectivity index (χ3v) is 6.91. The summed E-state index contributed by atoms with van der Waals surface area (Å²) >= 11 is 0. The van der Waals surface area contributed by atoms with E-state index in [0.717, 1.165) is 36.0 Å². The van der Waals surface area contributed by atoms with Crippen molar-refractivity contribution in [1.29, 1.82) is 0 Å². The standard InChI is InChI=1S/C27H27FO2/c1-18-24-10-5-11-25(29)27(24,2)17-22(26(18)30)15-21-8-3-6-19(14-21)12-13-20-7-4-9-23(28)16-20/h3-4,6-9,14-16,18,24-25,29H,5,10-11,17H2,1-2H3/b22-15+/t18?,24?,25-,27-/m0/s1. The molecular formula is C27H27FO2. The molecule has 2 fully saturated rings. The zero-order chi connectivity index (χ0) is 21.3. The molecule has 0 bridgehead atoms. The summed E-state index contributed by atoms with van der Waals surface area (Å²) in [6, 6.07) is 14.0. The number of fused-ring (bicyclic) bond motifs is 1. The van der Waals surface area contributed by atoms with E-state index in [2.05, 4.69) is 18.8 Å². The number of ketones is 1. The first-order valence-electron chi connectivity index (χ1n) is 10.7. The molecule has 0 aromatic heterocycles. The van der Waals surface area contributed by atoms with Crippen molar-refractivity contribution in [2.45, 2.75) is 45.6 Å². The molecule has 1 N–H and O–H groups in total. The number of carbonyl (C=O) groups excluding carboxylic acids is 1. The summed E-state index contributed by atoms with van der Waals surface area (Å²) in [5.41, 5.74) is 2.90. The van der Waals surface area contributed by atoms with Gasteiger partial charge in [0.05, 0.1) is 6.10 Å². The molecule has 2 aliphatic carbocycles. The van der Waals surface area contributed by atoms with Crippen molar-refractivity contribution in [3.8, 4) is 11.8 Å². The van der Waals surface area contributed by atoms with Crippen LogP contribution < -0.4 is 0 Å². The van der Waals surface area contributed by atoms with Crippen molar-refractivity contribution in [1.82, 2.24) is 0 Å². The number of halogens is 1. The van der Waals surface area contributed by atoms with Gasteiger partial charge in [-0.25, -0.2) is 4.39 Å². The van der Waals surface area contributed by atoms with Gasteiger partial charge in [-0.15, -0.1) is 0 Å². The Morgan fingerprint density at radius 1 is 1.10 bits per heavy atom. The second kappa shape index (κ2) is 8.20. The highest BCUT2D eigenvalue weighted by atomic mass is 19.1. The molecular weight excluding hydrogens is 375 g/mol. The smallest absolute Gasteiger partial charge is 0.161 e. The number of rotatable bonds is 1. The minimum absolute atomic E-state index is 0.0686. The van der Waals surface area contributed by atoms with Crippen molar-refractivity contribution in [3.63, 3.8) is 0 Å². The molecule has 2 unspecified atom stereocenters. The molecule has 2 nitrogen and oxygen atoms in total. The Hall–Kier alpha value is -2.70. The van der Waals surface area contributed by atoms with Gasteiger partial charge in [0.2, 0.25) is 0 Å². The summed E-state index contributed by atoms with van der Waals surface area (Å²) in [6.07, 6.45) is 5.02. The average molecular weight is 403 g/mol. The van der Waals surface area contributed by atoms with Gasteiger partial charge in [-0.3, -0.25) is 4.79 Å². The summed E-state index contributed by atoms with van der Waals surface area (Å²) in [4.78, 5) is 13.0. The van der Waals surface area contributed by atoms with Gasteiger partial charge in [0, 0.05) is 22.5 Å². The van der Waals surface area contributed by atoms with Crippen molar-refractivity contribution < 1.29 is 14.3 Å². The minimum Gasteiger partial charge on any atom is -0.393 e. The Labute approximate surface area is 177 Å². The lowest BCUT2D eigenvalue weighted by molar-refractivity contribution is -0.133. The number of hydrogen-bond donors (Lipinski definition) is 1. The van der Waals surface area contributed by atoms with E-state index in [9.17, 15) is 14.3 Å². The van der Waals surface area contributed by atoms with Gasteiger partial charge in [0.15, 0.2) is 5.78 Å². The molecule has 4 rings (SSSR count). The summed E-state index contributed by atoms with van der Waals surface area (Å²) in [5, 5.41) is 10.7. The maximum Gasteiger partial charge on any atom is 0.161 e. The fourth-order valence-corrected chi connectivity index (χ4v) is 5.22. The van der Waals surface area contributed by atoms with Crippen LogP contribution in [0, 0.1) is 34.9 Å². The van der Waals surface area contributed by atoms with Crippen LogP contribution in [-0.4, -0.2) is 17.0 Å². The number of hydrogen-bond acceptors (Lipinski definition) is 2. The van der Waals surface area contributed by atoms with Crippen LogP contribution in [0.1, 0.15) is 56.2 Å². The predicted molar refractivity (Wildman–Crippen MR) is 117 cm³/mol. The van der Waals surface area contributed by atoms with Gasteiger partial charge in [0.25, 0.3) is 0 Å². The lowest BCUT2D eigenvalue weighted by Crippen LogP contribution is -2.51. The Kier molecular flexibility index (Phi) is 5.62. The second-order valence-electron chi connectivity index (χ2n) is 8.94. The summed E-state index contributed by atoms with van der Waals surface area (Å²) in [7, 11) is 0. The summed E-state index contributed by atoms with van der Waals surface area (Å²) in [6.45, 7) is 4.15. The van der Waals surface area contributed by atoms with Crippen molar-refractivity contribution >= 4 is 11.9 Å². The number of carbonyl (C=O) groups is 1. The van der Waals surface area contributed by atoms with Crippen LogP contribution in [0.2, 0.25) is 0 Å². The molecule has 2 aromatic rings.